The van der Waals surface area contributed by atoms with E-state index in [-0.39, 0.29) is 0 Å². The Morgan fingerprint density at radius 3 is 2.71 bits per heavy atom. The molecule has 0 spiro atoms. The van der Waals surface area contributed by atoms with Gasteiger partial charge in [0.25, 0.3) is 0 Å². The van der Waals surface area contributed by atoms with E-state index >= 15 is 0 Å². The van der Waals surface area contributed by atoms with Gasteiger partial charge in [0.15, 0.2) is 0 Å². The maximum atomic E-state index is 5.27. The highest BCUT2D eigenvalue weighted by atomic mass is 16.5. The first-order chi connectivity index (χ1) is 8.17. The van der Waals surface area contributed by atoms with Crippen LogP contribution in [0.15, 0.2) is 24.3 Å². The second kappa shape index (κ2) is 7.30. The highest BCUT2D eigenvalue weighted by Crippen LogP contribution is 2.19. The Kier molecular flexibility index (Phi) is 6.01. The summed E-state index contributed by atoms with van der Waals surface area (Å²) in [6.07, 6.45) is 1.15. The fourth-order valence-corrected chi connectivity index (χ4v) is 1.83. The van der Waals surface area contributed by atoms with Gasteiger partial charge in [0, 0.05) is 12.6 Å². The molecule has 0 bridgehead atoms. The molecule has 0 heterocycles. The summed E-state index contributed by atoms with van der Waals surface area (Å²) in [7, 11) is 5.90. The van der Waals surface area contributed by atoms with Crippen LogP contribution >= 0.6 is 0 Å². The summed E-state index contributed by atoms with van der Waals surface area (Å²) in [6.45, 7) is 4.22. The number of likely N-dealkylation sites (N-methyl/N-ethyl adjacent to an activating group) is 1. The SMILES string of the molecule is CCCNC(CN(C)C)c1cccc(OC)c1. The van der Waals surface area contributed by atoms with Gasteiger partial charge >= 0.3 is 0 Å². The Bertz CT molecular complexity index is 326. The van der Waals surface area contributed by atoms with Crippen LogP contribution in [0.25, 0.3) is 0 Å². The van der Waals surface area contributed by atoms with Gasteiger partial charge in [-0.05, 0) is 44.8 Å². The Hall–Kier alpha value is -1.06. The van der Waals surface area contributed by atoms with E-state index in [0.717, 1.165) is 25.3 Å². The maximum Gasteiger partial charge on any atom is 0.119 e. The van der Waals surface area contributed by atoms with Gasteiger partial charge in [-0.3, -0.25) is 0 Å². The van der Waals surface area contributed by atoms with Crippen LogP contribution in [0.5, 0.6) is 5.75 Å². The molecule has 0 fully saturated rings. The Balaban J connectivity index is 2.78. The molecule has 1 rings (SSSR count). The van der Waals surface area contributed by atoms with Gasteiger partial charge in [-0.2, -0.15) is 0 Å². The molecule has 1 N–H and O–H groups in total. The van der Waals surface area contributed by atoms with Gasteiger partial charge in [0.2, 0.25) is 0 Å². The van der Waals surface area contributed by atoms with E-state index in [1.807, 2.05) is 12.1 Å². The molecular weight excluding hydrogens is 212 g/mol. The molecule has 0 radical (unpaired) electrons. The lowest BCUT2D eigenvalue weighted by Gasteiger charge is -2.23. The van der Waals surface area contributed by atoms with Gasteiger partial charge in [-0.1, -0.05) is 19.1 Å². The van der Waals surface area contributed by atoms with Crippen LogP contribution in [0.2, 0.25) is 0 Å². The van der Waals surface area contributed by atoms with Crippen LogP contribution in [0.4, 0.5) is 0 Å². The van der Waals surface area contributed by atoms with E-state index < -0.39 is 0 Å². The van der Waals surface area contributed by atoms with Crippen LogP contribution in [0.1, 0.15) is 24.9 Å². The predicted molar refractivity (Wildman–Crippen MR) is 72.6 cm³/mol. The minimum absolute atomic E-state index is 0.361. The highest BCUT2D eigenvalue weighted by Gasteiger charge is 2.12. The van der Waals surface area contributed by atoms with Crippen LogP contribution in [-0.4, -0.2) is 39.2 Å². The number of rotatable bonds is 7. The predicted octanol–water partition coefficient (Wildman–Crippen LogP) is 2.30. The average Bonchev–Trinajstić information content (AvgIpc) is 2.34. The molecule has 96 valence electrons. The third kappa shape index (κ3) is 4.75. The molecule has 1 unspecified atom stereocenters. The molecule has 0 aliphatic carbocycles. The number of hydrogen-bond acceptors (Lipinski definition) is 3. The third-order valence-electron chi connectivity index (χ3n) is 2.68. The summed E-state index contributed by atoms with van der Waals surface area (Å²) in [5.41, 5.74) is 1.28. The molecule has 0 aliphatic rings. The van der Waals surface area contributed by atoms with Crippen LogP contribution in [-0.2, 0) is 0 Å². The smallest absolute Gasteiger partial charge is 0.119 e. The standard InChI is InChI=1S/C14H24N2O/c1-5-9-15-14(11-16(2)3)12-7-6-8-13(10-12)17-4/h6-8,10,14-15H,5,9,11H2,1-4H3. The number of nitrogens with one attached hydrogen (secondary N) is 1. The quantitative estimate of drug-likeness (QED) is 0.786. The number of benzene rings is 1. The van der Waals surface area contributed by atoms with Crippen molar-refractivity contribution < 1.29 is 4.74 Å². The van der Waals surface area contributed by atoms with E-state index in [4.69, 9.17) is 4.74 Å². The van der Waals surface area contributed by atoms with E-state index in [1.165, 1.54) is 5.56 Å². The van der Waals surface area contributed by atoms with Crippen molar-refractivity contribution in [2.24, 2.45) is 0 Å². The average molecular weight is 236 g/mol. The van der Waals surface area contributed by atoms with Crippen molar-refractivity contribution >= 4 is 0 Å². The van der Waals surface area contributed by atoms with Gasteiger partial charge in [-0.15, -0.1) is 0 Å². The molecule has 1 atom stereocenters. The zero-order valence-electron chi connectivity index (χ0n) is 11.4. The van der Waals surface area contributed by atoms with E-state index in [0.29, 0.717) is 6.04 Å². The van der Waals surface area contributed by atoms with Crippen LogP contribution < -0.4 is 10.1 Å². The molecule has 0 saturated carbocycles. The Labute approximate surface area is 105 Å². The summed E-state index contributed by atoms with van der Waals surface area (Å²) >= 11 is 0. The van der Waals surface area contributed by atoms with Gasteiger partial charge in [-0.25, -0.2) is 0 Å². The van der Waals surface area contributed by atoms with Crippen LogP contribution in [0, 0.1) is 0 Å². The normalized spacial score (nSPS) is 12.8. The number of nitrogens with zero attached hydrogens (tertiary/aromatic N) is 1. The molecular formula is C14H24N2O. The molecule has 1 aromatic carbocycles. The van der Waals surface area contributed by atoms with Crippen LogP contribution in [0.3, 0.4) is 0 Å². The second-order valence-corrected chi connectivity index (χ2v) is 4.55. The first kappa shape index (κ1) is 14.0. The van der Waals surface area contributed by atoms with Gasteiger partial charge in [0.1, 0.15) is 5.75 Å². The topological polar surface area (TPSA) is 24.5 Å². The van der Waals surface area contributed by atoms with E-state index in [2.05, 4.69) is 43.4 Å². The molecule has 1 aromatic rings. The lowest BCUT2D eigenvalue weighted by molar-refractivity contribution is 0.341. The third-order valence-corrected chi connectivity index (χ3v) is 2.68. The summed E-state index contributed by atoms with van der Waals surface area (Å²) < 4.78 is 5.27. The molecule has 0 aliphatic heterocycles. The minimum Gasteiger partial charge on any atom is -0.497 e. The van der Waals surface area contributed by atoms with Crippen molar-refractivity contribution in [3.63, 3.8) is 0 Å². The van der Waals surface area contributed by atoms with E-state index in [1.54, 1.807) is 7.11 Å². The fraction of sp³-hybridized carbons (Fsp3) is 0.571. The largest absolute Gasteiger partial charge is 0.497 e. The van der Waals surface area contributed by atoms with Crippen molar-refractivity contribution in [3.8, 4) is 5.75 Å². The highest BCUT2D eigenvalue weighted by molar-refractivity contribution is 5.30. The van der Waals surface area contributed by atoms with Gasteiger partial charge in [0.05, 0.1) is 7.11 Å². The van der Waals surface area contributed by atoms with Crippen molar-refractivity contribution in [3.05, 3.63) is 29.8 Å². The number of methoxy groups -OCH3 is 1. The lowest BCUT2D eigenvalue weighted by atomic mass is 10.1. The molecule has 3 nitrogen and oxygen atoms in total. The molecule has 3 heteroatoms. The zero-order valence-corrected chi connectivity index (χ0v) is 11.4. The van der Waals surface area contributed by atoms with Crippen molar-refractivity contribution in [1.82, 2.24) is 10.2 Å². The fourth-order valence-electron chi connectivity index (χ4n) is 1.83. The molecule has 0 amide bonds. The Morgan fingerprint density at radius 1 is 1.35 bits per heavy atom. The molecule has 0 saturated heterocycles. The van der Waals surface area contributed by atoms with Crippen molar-refractivity contribution in [2.75, 3.05) is 34.3 Å². The first-order valence-electron chi connectivity index (χ1n) is 6.19. The lowest BCUT2D eigenvalue weighted by Crippen LogP contribution is -2.31. The monoisotopic (exact) mass is 236 g/mol. The second-order valence-electron chi connectivity index (χ2n) is 4.55. The summed E-state index contributed by atoms with van der Waals surface area (Å²) in [4.78, 5) is 2.20. The maximum absolute atomic E-state index is 5.27. The summed E-state index contributed by atoms with van der Waals surface area (Å²) in [5, 5.41) is 3.57. The first-order valence-corrected chi connectivity index (χ1v) is 6.19. The van der Waals surface area contributed by atoms with E-state index in [9.17, 15) is 0 Å². The van der Waals surface area contributed by atoms with Crippen molar-refractivity contribution in [1.29, 1.82) is 0 Å². The molecule has 0 aromatic heterocycles. The number of ether oxygens (including phenoxy) is 1. The summed E-state index contributed by atoms with van der Waals surface area (Å²) in [5.74, 6) is 0.921. The molecule has 17 heavy (non-hydrogen) atoms. The Morgan fingerprint density at radius 2 is 2.12 bits per heavy atom. The number of hydrogen-bond donors (Lipinski definition) is 1. The zero-order chi connectivity index (χ0) is 12.7. The minimum atomic E-state index is 0.361. The van der Waals surface area contributed by atoms with Gasteiger partial charge < -0.3 is 15.0 Å². The van der Waals surface area contributed by atoms with Crippen molar-refractivity contribution in [2.45, 2.75) is 19.4 Å². The summed E-state index contributed by atoms with van der Waals surface area (Å²) in [6, 6.07) is 8.65.